The second-order valence-electron chi connectivity index (χ2n) is 3.13. The summed E-state index contributed by atoms with van der Waals surface area (Å²) < 4.78 is 37.4. The van der Waals surface area contributed by atoms with Crippen LogP contribution in [0.3, 0.4) is 0 Å². The molecule has 92 valence electrons. The highest BCUT2D eigenvalue weighted by Crippen LogP contribution is 2.41. The van der Waals surface area contributed by atoms with Crippen LogP contribution < -0.4 is 0 Å². The van der Waals surface area contributed by atoms with E-state index in [4.69, 9.17) is 0 Å². The van der Waals surface area contributed by atoms with Gasteiger partial charge in [-0.2, -0.15) is 13.2 Å². The molecule has 0 aromatic heterocycles. The Morgan fingerprint density at radius 2 is 1.94 bits per heavy atom. The first-order chi connectivity index (χ1) is 7.66. The lowest BCUT2D eigenvalue weighted by atomic mass is 10.0. The quantitative estimate of drug-likeness (QED) is 0.476. The minimum absolute atomic E-state index is 0.602. The summed E-state index contributed by atoms with van der Waals surface area (Å²) in [6, 6.07) is 1.66. The minimum Gasteiger partial charge on any atom is -0.294 e. The van der Waals surface area contributed by atoms with Crippen molar-refractivity contribution in [2.75, 3.05) is 0 Å². The van der Waals surface area contributed by atoms with Crippen LogP contribution in [-0.4, -0.2) is 10.7 Å². The largest absolute Gasteiger partial charge is 0.418 e. The van der Waals surface area contributed by atoms with E-state index < -0.39 is 38.2 Å². The van der Waals surface area contributed by atoms with E-state index in [0.717, 1.165) is 19.1 Å². The average molecular weight is 312 g/mol. The summed E-state index contributed by atoms with van der Waals surface area (Å²) in [4.78, 5) is 20.6. The molecule has 0 unspecified atom stereocenters. The van der Waals surface area contributed by atoms with Gasteiger partial charge in [-0.05, 0) is 28.9 Å². The Labute approximate surface area is 102 Å². The topological polar surface area (TPSA) is 60.2 Å². The van der Waals surface area contributed by atoms with Crippen LogP contribution in [0.4, 0.5) is 18.9 Å². The van der Waals surface area contributed by atoms with Gasteiger partial charge >= 0.3 is 6.18 Å². The van der Waals surface area contributed by atoms with Crippen LogP contribution in [0, 0.1) is 10.1 Å². The maximum Gasteiger partial charge on any atom is 0.418 e. The third-order valence-electron chi connectivity index (χ3n) is 1.98. The standard InChI is InChI=1S/C9H5BrF3NO3/c1-4(15)5-2-3-6(14(16)17)8(10)7(5)9(11,12)13/h2-3H,1H3. The van der Waals surface area contributed by atoms with Crippen LogP contribution in [-0.2, 0) is 6.18 Å². The van der Waals surface area contributed by atoms with Crippen LogP contribution in [0.1, 0.15) is 22.8 Å². The Kier molecular flexibility index (Phi) is 3.56. The van der Waals surface area contributed by atoms with Crippen LogP contribution in [0.15, 0.2) is 16.6 Å². The molecule has 0 N–H and O–H groups in total. The summed E-state index contributed by atoms with van der Waals surface area (Å²) >= 11 is 2.52. The molecule has 0 radical (unpaired) electrons. The zero-order valence-electron chi connectivity index (χ0n) is 8.34. The zero-order chi connectivity index (χ0) is 13.4. The van der Waals surface area contributed by atoms with Gasteiger partial charge in [-0.3, -0.25) is 14.9 Å². The number of carbonyl (C=O) groups excluding carboxylic acids is 1. The van der Waals surface area contributed by atoms with Gasteiger partial charge in [-0.25, -0.2) is 0 Å². The van der Waals surface area contributed by atoms with E-state index in [1.165, 1.54) is 0 Å². The summed E-state index contributed by atoms with van der Waals surface area (Å²) in [5, 5.41) is 10.5. The summed E-state index contributed by atoms with van der Waals surface area (Å²) in [5.74, 6) is -0.812. The molecule has 0 aliphatic carbocycles. The SMILES string of the molecule is CC(=O)c1ccc([N+](=O)[O-])c(Br)c1C(F)(F)F. The maximum atomic E-state index is 12.7. The Hall–Kier alpha value is -1.44. The molecule has 0 bridgehead atoms. The van der Waals surface area contributed by atoms with Crippen molar-refractivity contribution < 1.29 is 22.9 Å². The van der Waals surface area contributed by atoms with Crippen molar-refractivity contribution in [1.29, 1.82) is 0 Å². The number of nitrogens with zero attached hydrogens (tertiary/aromatic N) is 1. The van der Waals surface area contributed by atoms with Crippen LogP contribution in [0.5, 0.6) is 0 Å². The number of rotatable bonds is 2. The third-order valence-corrected chi connectivity index (χ3v) is 2.78. The summed E-state index contributed by atoms with van der Waals surface area (Å²) in [6.45, 7) is 0.961. The predicted octanol–water partition coefficient (Wildman–Crippen LogP) is 3.58. The first kappa shape index (κ1) is 13.6. The number of Topliss-reactive ketones (excluding diaryl/α,β-unsaturated/α-hetero) is 1. The highest BCUT2D eigenvalue weighted by atomic mass is 79.9. The Bertz CT molecular complexity index is 499. The molecule has 1 rings (SSSR count). The van der Waals surface area contributed by atoms with E-state index in [-0.39, 0.29) is 0 Å². The summed E-state index contributed by atoms with van der Waals surface area (Å²) in [5.41, 5.74) is -2.66. The van der Waals surface area contributed by atoms with Gasteiger partial charge < -0.3 is 0 Å². The lowest BCUT2D eigenvalue weighted by molar-refractivity contribution is -0.386. The van der Waals surface area contributed by atoms with Crippen LogP contribution in [0.25, 0.3) is 0 Å². The van der Waals surface area contributed by atoms with E-state index in [9.17, 15) is 28.1 Å². The molecule has 0 aliphatic heterocycles. The molecule has 0 fully saturated rings. The number of nitro benzene ring substituents is 1. The Balaban J connectivity index is 3.65. The minimum atomic E-state index is -4.84. The highest BCUT2D eigenvalue weighted by Gasteiger charge is 2.39. The molecule has 4 nitrogen and oxygen atoms in total. The van der Waals surface area contributed by atoms with Gasteiger partial charge in [0.1, 0.15) is 4.47 Å². The lowest BCUT2D eigenvalue weighted by Crippen LogP contribution is -2.13. The lowest BCUT2D eigenvalue weighted by Gasteiger charge is -2.12. The fraction of sp³-hybridized carbons (Fsp3) is 0.222. The number of halogens is 4. The molecule has 0 aliphatic rings. The molecular weight excluding hydrogens is 307 g/mol. The molecule has 1 aromatic rings. The van der Waals surface area contributed by atoms with E-state index >= 15 is 0 Å². The molecule has 0 spiro atoms. The molecule has 8 heteroatoms. The number of ketones is 1. The Morgan fingerprint density at radius 3 is 2.29 bits per heavy atom. The molecule has 0 heterocycles. The van der Waals surface area contributed by atoms with E-state index in [2.05, 4.69) is 15.9 Å². The number of carbonyl (C=O) groups is 1. The summed E-state index contributed by atoms with van der Waals surface area (Å²) in [6.07, 6.45) is -4.84. The van der Waals surface area contributed by atoms with E-state index in [0.29, 0.717) is 0 Å². The van der Waals surface area contributed by atoms with Gasteiger partial charge in [0, 0.05) is 11.6 Å². The second-order valence-corrected chi connectivity index (χ2v) is 3.93. The molecule has 0 saturated heterocycles. The Morgan fingerprint density at radius 1 is 1.41 bits per heavy atom. The van der Waals surface area contributed by atoms with Gasteiger partial charge in [0.15, 0.2) is 5.78 Å². The number of benzene rings is 1. The van der Waals surface area contributed by atoms with Crippen molar-refractivity contribution in [2.24, 2.45) is 0 Å². The van der Waals surface area contributed by atoms with Crippen molar-refractivity contribution >= 4 is 27.4 Å². The normalized spacial score (nSPS) is 11.4. The maximum absolute atomic E-state index is 12.7. The van der Waals surface area contributed by atoms with Gasteiger partial charge in [-0.1, -0.05) is 0 Å². The molecule has 1 aromatic carbocycles. The third kappa shape index (κ3) is 2.63. The fourth-order valence-electron chi connectivity index (χ4n) is 1.28. The van der Waals surface area contributed by atoms with E-state index in [1.807, 2.05) is 0 Å². The smallest absolute Gasteiger partial charge is 0.294 e. The van der Waals surface area contributed by atoms with Gasteiger partial charge in [0.05, 0.1) is 10.5 Å². The second kappa shape index (κ2) is 4.44. The highest BCUT2D eigenvalue weighted by molar-refractivity contribution is 9.10. The number of hydrogen-bond acceptors (Lipinski definition) is 3. The average Bonchev–Trinajstić information content (AvgIpc) is 2.14. The van der Waals surface area contributed by atoms with Crippen molar-refractivity contribution in [3.8, 4) is 0 Å². The van der Waals surface area contributed by atoms with Crippen molar-refractivity contribution in [3.05, 3.63) is 37.8 Å². The van der Waals surface area contributed by atoms with Crippen molar-refractivity contribution in [2.45, 2.75) is 13.1 Å². The fourth-order valence-corrected chi connectivity index (χ4v) is 1.99. The monoisotopic (exact) mass is 311 g/mol. The van der Waals surface area contributed by atoms with E-state index in [1.54, 1.807) is 0 Å². The number of alkyl halides is 3. The molecule has 0 atom stereocenters. The van der Waals surface area contributed by atoms with Crippen molar-refractivity contribution in [3.63, 3.8) is 0 Å². The van der Waals surface area contributed by atoms with Crippen molar-refractivity contribution in [1.82, 2.24) is 0 Å². The molecule has 0 amide bonds. The molecule has 17 heavy (non-hydrogen) atoms. The zero-order valence-corrected chi connectivity index (χ0v) is 9.92. The first-order valence-electron chi connectivity index (χ1n) is 4.21. The number of hydrogen-bond donors (Lipinski definition) is 0. The van der Waals surface area contributed by atoms with Gasteiger partial charge in [0.25, 0.3) is 5.69 Å². The van der Waals surface area contributed by atoms with Gasteiger partial charge in [0.2, 0.25) is 0 Å². The van der Waals surface area contributed by atoms with Gasteiger partial charge in [-0.15, -0.1) is 0 Å². The number of nitro groups is 1. The van der Waals surface area contributed by atoms with Crippen LogP contribution in [0.2, 0.25) is 0 Å². The molecule has 0 saturated carbocycles. The first-order valence-corrected chi connectivity index (χ1v) is 5.00. The molecular formula is C9H5BrF3NO3. The summed E-state index contributed by atoms with van der Waals surface area (Å²) in [7, 11) is 0. The van der Waals surface area contributed by atoms with Crippen LogP contribution >= 0.6 is 15.9 Å². The predicted molar refractivity (Wildman–Crippen MR) is 55.8 cm³/mol.